The second-order valence-electron chi connectivity index (χ2n) is 7.61. The van der Waals surface area contributed by atoms with E-state index in [9.17, 15) is 4.79 Å². The van der Waals surface area contributed by atoms with Gasteiger partial charge in [0.2, 0.25) is 5.91 Å². The molecule has 0 aromatic rings. The van der Waals surface area contributed by atoms with Crippen molar-refractivity contribution in [2.45, 2.75) is 64.3 Å². The van der Waals surface area contributed by atoms with Crippen LogP contribution in [0.1, 0.15) is 58.8 Å². The Hall–Kier alpha value is -1.34. The van der Waals surface area contributed by atoms with Crippen molar-refractivity contribution in [1.29, 1.82) is 0 Å². The number of hydrogen-bond donors (Lipinski definition) is 3. The highest BCUT2D eigenvalue weighted by Gasteiger charge is 2.38. The topological polar surface area (TPSA) is 78.0 Å². The Morgan fingerprint density at radius 2 is 1.78 bits per heavy atom. The minimum Gasteiger partial charge on any atom is -0.379 e. The highest BCUT2D eigenvalue weighted by Crippen LogP contribution is 2.34. The second-order valence-corrected chi connectivity index (χ2v) is 7.61. The summed E-state index contributed by atoms with van der Waals surface area (Å²) in [6.07, 6.45) is 7.78. The molecule has 7 heteroatoms. The molecule has 0 aromatic carbocycles. The number of carbonyl (C=O) groups is 1. The molecule has 1 aliphatic carbocycles. The lowest BCUT2D eigenvalue weighted by Crippen LogP contribution is -2.56. The smallest absolute Gasteiger partial charge is 0.221 e. The number of carbonyl (C=O) groups excluding carboxylic acids is 1. The molecule has 2 aliphatic rings. The SMILES string of the molecule is CCCNC(=O)CCNC(=NCC1(N2CCOCC2)CCCCC1)NCC. The molecule has 0 atom stereocenters. The van der Waals surface area contributed by atoms with Gasteiger partial charge in [-0.3, -0.25) is 14.7 Å². The predicted molar refractivity (Wildman–Crippen MR) is 110 cm³/mol. The van der Waals surface area contributed by atoms with Crippen LogP contribution < -0.4 is 16.0 Å². The molecule has 2 fully saturated rings. The number of nitrogens with zero attached hydrogens (tertiary/aromatic N) is 2. The van der Waals surface area contributed by atoms with Gasteiger partial charge in [0.05, 0.1) is 19.8 Å². The first-order valence-electron chi connectivity index (χ1n) is 10.8. The molecule has 2 rings (SSSR count). The van der Waals surface area contributed by atoms with Gasteiger partial charge in [-0.05, 0) is 26.2 Å². The molecule has 0 aromatic heterocycles. The molecular weight excluding hydrogens is 342 g/mol. The van der Waals surface area contributed by atoms with E-state index >= 15 is 0 Å². The van der Waals surface area contributed by atoms with Crippen LogP contribution in [0, 0.1) is 0 Å². The van der Waals surface area contributed by atoms with Gasteiger partial charge < -0.3 is 20.7 Å². The summed E-state index contributed by atoms with van der Waals surface area (Å²) in [5.41, 5.74) is 0.170. The van der Waals surface area contributed by atoms with Crippen LogP contribution in [0.15, 0.2) is 4.99 Å². The summed E-state index contributed by atoms with van der Waals surface area (Å²) in [6.45, 7) is 10.8. The van der Waals surface area contributed by atoms with Crippen LogP contribution >= 0.6 is 0 Å². The van der Waals surface area contributed by atoms with E-state index < -0.39 is 0 Å². The average molecular weight is 382 g/mol. The zero-order valence-electron chi connectivity index (χ0n) is 17.3. The third-order valence-corrected chi connectivity index (χ3v) is 5.56. The second kappa shape index (κ2) is 12.2. The van der Waals surface area contributed by atoms with Crippen LogP contribution in [0.2, 0.25) is 0 Å². The summed E-state index contributed by atoms with van der Waals surface area (Å²) in [5, 5.41) is 9.56. The molecule has 1 saturated heterocycles. The van der Waals surface area contributed by atoms with Crippen molar-refractivity contribution in [3.8, 4) is 0 Å². The number of guanidine groups is 1. The minimum atomic E-state index is 0.0947. The molecule has 0 unspecified atom stereocenters. The van der Waals surface area contributed by atoms with E-state index in [1.807, 2.05) is 0 Å². The molecule has 1 aliphatic heterocycles. The molecule has 156 valence electrons. The standard InChI is InChI=1S/C20H39N5O2/c1-3-11-22-18(26)8-12-23-19(21-4-2)24-17-20(9-6-5-7-10-20)25-13-15-27-16-14-25/h3-17H2,1-2H3,(H,22,26)(H2,21,23,24). The van der Waals surface area contributed by atoms with Gasteiger partial charge in [-0.15, -0.1) is 0 Å². The van der Waals surface area contributed by atoms with Crippen LogP contribution in [0.5, 0.6) is 0 Å². The number of aliphatic imine (C=N–C) groups is 1. The van der Waals surface area contributed by atoms with Crippen LogP contribution in [0.25, 0.3) is 0 Å². The quantitative estimate of drug-likeness (QED) is 0.417. The van der Waals surface area contributed by atoms with Crippen molar-refractivity contribution < 1.29 is 9.53 Å². The Bertz CT molecular complexity index is 457. The first-order valence-corrected chi connectivity index (χ1v) is 10.8. The van der Waals surface area contributed by atoms with Crippen molar-refractivity contribution in [3.63, 3.8) is 0 Å². The maximum atomic E-state index is 11.8. The number of hydrogen-bond acceptors (Lipinski definition) is 4. The first kappa shape index (κ1) is 22.0. The van der Waals surface area contributed by atoms with E-state index in [0.29, 0.717) is 13.0 Å². The summed E-state index contributed by atoms with van der Waals surface area (Å²) in [7, 11) is 0. The Morgan fingerprint density at radius 3 is 2.44 bits per heavy atom. The average Bonchev–Trinajstić information content (AvgIpc) is 2.72. The molecule has 27 heavy (non-hydrogen) atoms. The summed E-state index contributed by atoms with van der Waals surface area (Å²) in [4.78, 5) is 19.3. The lowest BCUT2D eigenvalue weighted by atomic mass is 9.80. The summed E-state index contributed by atoms with van der Waals surface area (Å²) in [6, 6.07) is 0. The highest BCUT2D eigenvalue weighted by atomic mass is 16.5. The number of morpholine rings is 1. The lowest BCUT2D eigenvalue weighted by molar-refractivity contribution is -0.120. The fourth-order valence-corrected chi connectivity index (χ4v) is 4.04. The molecule has 3 N–H and O–H groups in total. The Balaban J connectivity index is 1.92. The fraction of sp³-hybridized carbons (Fsp3) is 0.900. The van der Waals surface area contributed by atoms with Crippen LogP contribution in [0.3, 0.4) is 0 Å². The van der Waals surface area contributed by atoms with Crippen LogP contribution in [-0.2, 0) is 9.53 Å². The third-order valence-electron chi connectivity index (χ3n) is 5.56. The molecular formula is C20H39N5O2. The maximum Gasteiger partial charge on any atom is 0.221 e. The summed E-state index contributed by atoms with van der Waals surface area (Å²) in [5.74, 6) is 0.913. The Kier molecular flexibility index (Phi) is 9.91. The van der Waals surface area contributed by atoms with E-state index in [-0.39, 0.29) is 11.4 Å². The van der Waals surface area contributed by atoms with Crippen molar-refractivity contribution in [2.75, 3.05) is 52.5 Å². The Morgan fingerprint density at radius 1 is 1.04 bits per heavy atom. The number of amides is 1. The van der Waals surface area contributed by atoms with Gasteiger partial charge in [0.1, 0.15) is 0 Å². The molecule has 1 heterocycles. The predicted octanol–water partition coefficient (Wildman–Crippen LogP) is 1.49. The largest absolute Gasteiger partial charge is 0.379 e. The molecule has 1 saturated carbocycles. The van der Waals surface area contributed by atoms with Gasteiger partial charge in [-0.1, -0.05) is 26.2 Å². The lowest BCUT2D eigenvalue weighted by Gasteiger charge is -2.47. The van der Waals surface area contributed by atoms with Crippen molar-refractivity contribution in [3.05, 3.63) is 0 Å². The zero-order chi connectivity index (χ0) is 19.4. The molecule has 0 bridgehead atoms. The van der Waals surface area contributed by atoms with E-state index in [0.717, 1.165) is 58.3 Å². The van der Waals surface area contributed by atoms with Gasteiger partial charge in [-0.2, -0.15) is 0 Å². The Labute approximate surface area is 164 Å². The van der Waals surface area contributed by atoms with Crippen LogP contribution in [-0.4, -0.2) is 74.8 Å². The monoisotopic (exact) mass is 381 g/mol. The zero-order valence-corrected chi connectivity index (χ0v) is 17.3. The van der Waals surface area contributed by atoms with Gasteiger partial charge in [0, 0.05) is 44.7 Å². The minimum absolute atomic E-state index is 0.0947. The normalized spacial score (nSPS) is 20.9. The van der Waals surface area contributed by atoms with Crippen LogP contribution in [0.4, 0.5) is 0 Å². The molecule has 0 radical (unpaired) electrons. The van der Waals surface area contributed by atoms with Gasteiger partial charge in [0.15, 0.2) is 5.96 Å². The maximum absolute atomic E-state index is 11.8. The third kappa shape index (κ3) is 7.30. The van der Waals surface area contributed by atoms with Gasteiger partial charge >= 0.3 is 0 Å². The highest BCUT2D eigenvalue weighted by molar-refractivity contribution is 5.81. The van der Waals surface area contributed by atoms with E-state index in [1.165, 1.54) is 32.1 Å². The van der Waals surface area contributed by atoms with Gasteiger partial charge in [0.25, 0.3) is 0 Å². The van der Waals surface area contributed by atoms with Crippen molar-refractivity contribution in [2.24, 2.45) is 4.99 Å². The summed E-state index contributed by atoms with van der Waals surface area (Å²) >= 11 is 0. The van der Waals surface area contributed by atoms with E-state index in [1.54, 1.807) is 0 Å². The number of nitrogens with one attached hydrogen (secondary N) is 3. The number of rotatable bonds is 9. The van der Waals surface area contributed by atoms with Crippen molar-refractivity contribution in [1.82, 2.24) is 20.9 Å². The molecule has 7 nitrogen and oxygen atoms in total. The van der Waals surface area contributed by atoms with Crippen molar-refractivity contribution >= 4 is 11.9 Å². The molecule has 1 amide bonds. The van der Waals surface area contributed by atoms with E-state index in [4.69, 9.17) is 9.73 Å². The number of ether oxygens (including phenoxy) is 1. The first-order chi connectivity index (χ1) is 13.2. The van der Waals surface area contributed by atoms with Gasteiger partial charge in [-0.25, -0.2) is 0 Å². The molecule has 0 spiro atoms. The fourth-order valence-electron chi connectivity index (χ4n) is 4.04. The summed E-state index contributed by atoms with van der Waals surface area (Å²) < 4.78 is 5.56. The van der Waals surface area contributed by atoms with E-state index in [2.05, 4.69) is 34.7 Å².